The minimum atomic E-state index is -0.219. The van der Waals surface area contributed by atoms with E-state index in [2.05, 4.69) is 10.6 Å². The van der Waals surface area contributed by atoms with Crippen molar-refractivity contribution in [2.24, 2.45) is 0 Å². The van der Waals surface area contributed by atoms with Gasteiger partial charge in [-0.3, -0.25) is 9.59 Å². The molecule has 0 unspecified atom stereocenters. The average molecular weight is 317 g/mol. The van der Waals surface area contributed by atoms with Crippen LogP contribution in [0.25, 0.3) is 0 Å². The van der Waals surface area contributed by atoms with Crippen LogP contribution in [0.1, 0.15) is 22.8 Å². The zero-order chi connectivity index (χ0) is 16.1. The van der Waals surface area contributed by atoms with Gasteiger partial charge in [0.1, 0.15) is 0 Å². The molecule has 0 fully saturated rings. The molecule has 1 amide bonds. The molecule has 0 aliphatic rings. The number of hydrogen-bond donors (Lipinski definition) is 2. The van der Waals surface area contributed by atoms with Gasteiger partial charge in [0.15, 0.2) is 5.78 Å². The summed E-state index contributed by atoms with van der Waals surface area (Å²) in [4.78, 5) is 23.6. The topological polar surface area (TPSA) is 58.2 Å². The number of benzene rings is 2. The zero-order valence-electron chi connectivity index (χ0n) is 12.4. The first-order valence-electron chi connectivity index (χ1n) is 6.87. The highest BCUT2D eigenvalue weighted by molar-refractivity contribution is 6.30. The van der Waals surface area contributed by atoms with Gasteiger partial charge < -0.3 is 10.6 Å². The van der Waals surface area contributed by atoms with E-state index in [-0.39, 0.29) is 18.2 Å². The van der Waals surface area contributed by atoms with E-state index in [1.165, 1.54) is 6.92 Å². The van der Waals surface area contributed by atoms with Gasteiger partial charge >= 0.3 is 0 Å². The van der Waals surface area contributed by atoms with Crippen molar-refractivity contribution in [3.05, 3.63) is 58.6 Å². The van der Waals surface area contributed by atoms with Crippen LogP contribution < -0.4 is 10.6 Å². The van der Waals surface area contributed by atoms with Crippen LogP contribution in [0.15, 0.2) is 42.5 Å². The number of carbonyl (C=O) groups is 2. The van der Waals surface area contributed by atoms with Gasteiger partial charge in [0.05, 0.1) is 12.2 Å². The fourth-order valence-corrected chi connectivity index (χ4v) is 2.32. The Morgan fingerprint density at radius 3 is 2.50 bits per heavy atom. The molecule has 0 radical (unpaired) electrons. The normalized spacial score (nSPS) is 10.1. The van der Waals surface area contributed by atoms with Crippen molar-refractivity contribution in [2.75, 3.05) is 17.2 Å². The molecule has 0 atom stereocenters. The molecule has 0 saturated heterocycles. The molecule has 0 heterocycles. The van der Waals surface area contributed by atoms with Gasteiger partial charge in [-0.15, -0.1) is 0 Å². The third kappa shape index (κ3) is 4.09. The first kappa shape index (κ1) is 16.0. The second-order valence-electron chi connectivity index (χ2n) is 4.96. The number of aryl methyl sites for hydroxylation is 1. The van der Waals surface area contributed by atoms with Crippen molar-refractivity contribution >= 4 is 34.7 Å². The number of Topliss-reactive ketones (excluding diaryl/α,β-unsaturated/α-hetero) is 1. The Balaban J connectivity index is 2.00. The number of amides is 1. The third-order valence-corrected chi connectivity index (χ3v) is 3.44. The lowest BCUT2D eigenvalue weighted by Crippen LogP contribution is -2.23. The molecular weight excluding hydrogens is 300 g/mol. The fraction of sp³-hybridized carbons (Fsp3) is 0.176. The predicted octanol–water partition coefficient (Wildman–Crippen LogP) is 3.90. The minimum absolute atomic E-state index is 0.0857. The van der Waals surface area contributed by atoms with Crippen molar-refractivity contribution in [1.82, 2.24) is 0 Å². The van der Waals surface area contributed by atoms with Crippen molar-refractivity contribution in [1.29, 1.82) is 0 Å². The molecule has 0 aliphatic carbocycles. The maximum absolute atomic E-state index is 12.0. The van der Waals surface area contributed by atoms with Crippen LogP contribution in [-0.4, -0.2) is 18.2 Å². The second kappa shape index (κ2) is 7.09. The number of hydrogen-bond acceptors (Lipinski definition) is 3. The van der Waals surface area contributed by atoms with Gasteiger partial charge in [-0.2, -0.15) is 0 Å². The van der Waals surface area contributed by atoms with E-state index >= 15 is 0 Å². The largest absolute Gasteiger partial charge is 0.376 e. The van der Waals surface area contributed by atoms with Crippen LogP contribution in [-0.2, 0) is 4.79 Å². The number of anilines is 2. The van der Waals surface area contributed by atoms with E-state index in [9.17, 15) is 9.59 Å². The fourth-order valence-electron chi connectivity index (χ4n) is 2.09. The van der Waals surface area contributed by atoms with Crippen molar-refractivity contribution in [3.63, 3.8) is 0 Å². The van der Waals surface area contributed by atoms with E-state index in [0.717, 1.165) is 11.3 Å². The van der Waals surface area contributed by atoms with Crippen LogP contribution in [0.5, 0.6) is 0 Å². The number of ketones is 1. The Labute approximate surface area is 134 Å². The van der Waals surface area contributed by atoms with Crippen LogP contribution in [0.2, 0.25) is 5.02 Å². The Bertz CT molecular complexity index is 714. The lowest BCUT2D eigenvalue weighted by atomic mass is 10.1. The lowest BCUT2D eigenvalue weighted by molar-refractivity contribution is -0.114. The quantitative estimate of drug-likeness (QED) is 0.822. The molecule has 0 aromatic heterocycles. The molecule has 2 N–H and O–H groups in total. The molecule has 22 heavy (non-hydrogen) atoms. The summed E-state index contributed by atoms with van der Waals surface area (Å²) in [5.41, 5.74) is 2.83. The van der Waals surface area contributed by atoms with Crippen molar-refractivity contribution < 1.29 is 9.59 Å². The Hall–Kier alpha value is -2.33. The van der Waals surface area contributed by atoms with Crippen LogP contribution >= 0.6 is 11.6 Å². The summed E-state index contributed by atoms with van der Waals surface area (Å²) in [5.74, 6) is -0.305. The Morgan fingerprint density at radius 2 is 1.82 bits per heavy atom. The summed E-state index contributed by atoms with van der Waals surface area (Å²) in [6, 6.07) is 12.4. The van der Waals surface area contributed by atoms with Gasteiger partial charge in [0.25, 0.3) is 0 Å². The summed E-state index contributed by atoms with van der Waals surface area (Å²) in [5, 5.41) is 6.45. The number of carbonyl (C=O) groups excluding carboxylic acids is 2. The number of para-hydroxylation sites is 1. The number of halogens is 1. The number of nitrogens with one attached hydrogen (secondary N) is 2. The summed E-state index contributed by atoms with van der Waals surface area (Å²) in [6.07, 6.45) is 0. The molecule has 114 valence electrons. The van der Waals surface area contributed by atoms with E-state index in [4.69, 9.17) is 11.6 Å². The maximum Gasteiger partial charge on any atom is 0.243 e. The third-order valence-electron chi connectivity index (χ3n) is 3.21. The smallest absolute Gasteiger partial charge is 0.243 e. The molecule has 2 aromatic rings. The molecule has 4 nitrogen and oxygen atoms in total. The van der Waals surface area contributed by atoms with E-state index in [1.807, 2.05) is 19.1 Å². The molecule has 0 bridgehead atoms. The van der Waals surface area contributed by atoms with E-state index in [1.54, 1.807) is 30.3 Å². The molecule has 2 aromatic carbocycles. The first-order chi connectivity index (χ1) is 10.5. The van der Waals surface area contributed by atoms with E-state index in [0.29, 0.717) is 16.3 Å². The average Bonchev–Trinajstić information content (AvgIpc) is 2.46. The molecule has 5 heteroatoms. The molecule has 0 aliphatic heterocycles. The van der Waals surface area contributed by atoms with Crippen LogP contribution in [0, 0.1) is 6.92 Å². The highest BCUT2D eigenvalue weighted by atomic mass is 35.5. The van der Waals surface area contributed by atoms with Gasteiger partial charge in [-0.05, 0) is 49.7 Å². The van der Waals surface area contributed by atoms with E-state index < -0.39 is 0 Å². The summed E-state index contributed by atoms with van der Waals surface area (Å²) in [7, 11) is 0. The number of rotatable bonds is 5. The monoisotopic (exact) mass is 316 g/mol. The summed E-state index contributed by atoms with van der Waals surface area (Å²) >= 11 is 5.90. The van der Waals surface area contributed by atoms with Crippen LogP contribution in [0.3, 0.4) is 0 Å². The molecular formula is C17H17ClN2O2. The molecule has 2 rings (SSSR count). The highest BCUT2D eigenvalue weighted by Gasteiger charge is 2.09. The molecule has 0 spiro atoms. The highest BCUT2D eigenvalue weighted by Crippen LogP contribution is 2.19. The first-order valence-corrected chi connectivity index (χ1v) is 7.25. The minimum Gasteiger partial charge on any atom is -0.376 e. The summed E-state index contributed by atoms with van der Waals surface area (Å²) < 4.78 is 0. The maximum atomic E-state index is 12.0. The van der Waals surface area contributed by atoms with Gasteiger partial charge in [0, 0.05) is 16.3 Å². The Morgan fingerprint density at radius 1 is 1.09 bits per heavy atom. The SMILES string of the molecule is CC(=O)c1ccccc1NC(=O)CNc1ccc(Cl)cc1C. The molecule has 0 saturated carbocycles. The Kier molecular flexibility index (Phi) is 5.17. The van der Waals surface area contributed by atoms with Crippen molar-refractivity contribution in [2.45, 2.75) is 13.8 Å². The van der Waals surface area contributed by atoms with Gasteiger partial charge in [-0.1, -0.05) is 23.7 Å². The zero-order valence-corrected chi connectivity index (χ0v) is 13.2. The van der Waals surface area contributed by atoms with Gasteiger partial charge in [0.2, 0.25) is 5.91 Å². The van der Waals surface area contributed by atoms with Crippen molar-refractivity contribution in [3.8, 4) is 0 Å². The predicted molar refractivity (Wildman–Crippen MR) is 89.8 cm³/mol. The standard InChI is InChI=1S/C17H17ClN2O2/c1-11-9-13(18)7-8-15(11)19-10-17(22)20-16-6-4-3-5-14(16)12(2)21/h3-9,19H,10H2,1-2H3,(H,20,22). The van der Waals surface area contributed by atoms with Gasteiger partial charge in [-0.25, -0.2) is 0 Å². The second-order valence-corrected chi connectivity index (χ2v) is 5.40. The lowest BCUT2D eigenvalue weighted by Gasteiger charge is -2.12. The van der Waals surface area contributed by atoms with Crippen LogP contribution in [0.4, 0.5) is 11.4 Å². The summed E-state index contributed by atoms with van der Waals surface area (Å²) in [6.45, 7) is 3.49.